The van der Waals surface area contributed by atoms with Crippen LogP contribution in [0.5, 0.6) is 11.5 Å². The van der Waals surface area contributed by atoms with Crippen LogP contribution in [0, 0.1) is 13.8 Å². The van der Waals surface area contributed by atoms with Crippen LogP contribution in [0.15, 0.2) is 42.5 Å². The molecule has 0 spiro atoms. The van der Waals surface area contributed by atoms with Crippen LogP contribution >= 0.6 is 0 Å². The van der Waals surface area contributed by atoms with Crippen molar-refractivity contribution < 1.29 is 22.7 Å². The fourth-order valence-corrected chi connectivity index (χ4v) is 3.03. The molecule has 0 bridgehead atoms. The number of ether oxygens (including phenoxy) is 2. The van der Waals surface area contributed by atoms with Crippen LogP contribution < -0.4 is 19.1 Å². The maximum Gasteiger partial charge on any atom is 0.260 e. The zero-order chi connectivity index (χ0) is 21.6. The molecule has 0 saturated heterocycles. The molecule has 0 aliphatic carbocycles. The van der Waals surface area contributed by atoms with Gasteiger partial charge in [-0.15, -0.1) is 0 Å². The molecular formula is C21H28N2O5S. The molecule has 1 unspecified atom stereocenters. The minimum atomic E-state index is -3.33. The average molecular weight is 421 g/mol. The molecule has 2 rings (SSSR count). The molecule has 0 saturated carbocycles. The highest BCUT2D eigenvalue weighted by Gasteiger charge is 2.15. The van der Waals surface area contributed by atoms with Gasteiger partial charge in [-0.1, -0.05) is 12.1 Å². The average Bonchev–Trinajstić information content (AvgIpc) is 2.66. The van der Waals surface area contributed by atoms with Gasteiger partial charge in [0.05, 0.1) is 18.5 Å². The van der Waals surface area contributed by atoms with Crippen molar-refractivity contribution in [2.24, 2.45) is 0 Å². The molecular weight excluding hydrogens is 392 g/mol. The lowest BCUT2D eigenvalue weighted by atomic mass is 10.1. The number of sulfonamides is 1. The van der Waals surface area contributed by atoms with E-state index in [4.69, 9.17) is 9.47 Å². The summed E-state index contributed by atoms with van der Waals surface area (Å²) in [5.41, 5.74) is 2.68. The fourth-order valence-electron chi connectivity index (χ4n) is 2.53. The van der Waals surface area contributed by atoms with Gasteiger partial charge in [0.25, 0.3) is 5.91 Å². The lowest BCUT2D eigenvalue weighted by Gasteiger charge is -2.18. The quantitative estimate of drug-likeness (QED) is 0.631. The second-order valence-corrected chi connectivity index (χ2v) is 8.91. The van der Waals surface area contributed by atoms with E-state index in [-0.39, 0.29) is 5.91 Å². The Morgan fingerprint density at radius 1 is 1.14 bits per heavy atom. The number of hydrogen-bond donors (Lipinski definition) is 1. The summed E-state index contributed by atoms with van der Waals surface area (Å²) in [6.07, 6.45) is 0.433. The Balaban J connectivity index is 1.80. The van der Waals surface area contributed by atoms with Gasteiger partial charge in [-0.05, 0) is 62.2 Å². The third-order valence-corrected chi connectivity index (χ3v) is 5.59. The zero-order valence-electron chi connectivity index (χ0n) is 17.4. The number of carbonyl (C=O) groups excluding carboxylic acids is 1. The van der Waals surface area contributed by atoms with E-state index in [0.717, 1.165) is 23.1 Å². The Labute approximate surface area is 172 Å². The highest BCUT2D eigenvalue weighted by Crippen LogP contribution is 2.21. The van der Waals surface area contributed by atoms with Crippen molar-refractivity contribution in [3.05, 3.63) is 53.6 Å². The van der Waals surface area contributed by atoms with Crippen molar-refractivity contribution in [2.45, 2.75) is 26.9 Å². The topological polar surface area (TPSA) is 84.9 Å². The number of benzene rings is 2. The Hall–Kier alpha value is -2.74. The predicted octanol–water partition coefficient (Wildman–Crippen LogP) is 2.66. The third-order valence-electron chi connectivity index (χ3n) is 4.38. The van der Waals surface area contributed by atoms with E-state index in [2.05, 4.69) is 5.32 Å². The molecule has 1 amide bonds. The molecule has 0 fully saturated rings. The van der Waals surface area contributed by atoms with Crippen molar-refractivity contribution in [3.63, 3.8) is 0 Å². The smallest absolute Gasteiger partial charge is 0.260 e. The maximum absolute atomic E-state index is 12.2. The number of nitrogens with zero attached hydrogens (tertiary/aromatic N) is 1. The summed E-state index contributed by atoms with van der Waals surface area (Å²) in [6.45, 7) is 6.34. The lowest BCUT2D eigenvalue weighted by Crippen LogP contribution is -2.38. The summed E-state index contributed by atoms with van der Waals surface area (Å²) in [6, 6.07) is 12.5. The van der Waals surface area contributed by atoms with Gasteiger partial charge < -0.3 is 14.8 Å². The first-order valence-electron chi connectivity index (χ1n) is 9.26. The van der Waals surface area contributed by atoms with Crippen LogP contribution in [0.1, 0.15) is 18.1 Å². The van der Waals surface area contributed by atoms with Crippen molar-refractivity contribution in [1.82, 2.24) is 5.32 Å². The second-order valence-electron chi connectivity index (χ2n) is 6.89. The lowest BCUT2D eigenvalue weighted by molar-refractivity contribution is -0.127. The monoisotopic (exact) mass is 420 g/mol. The summed E-state index contributed by atoms with van der Waals surface area (Å²) >= 11 is 0. The number of aryl methyl sites for hydroxylation is 2. The highest BCUT2D eigenvalue weighted by molar-refractivity contribution is 7.92. The van der Waals surface area contributed by atoms with Crippen LogP contribution in [0.4, 0.5) is 5.69 Å². The third kappa shape index (κ3) is 6.67. The van der Waals surface area contributed by atoms with Gasteiger partial charge in [-0.25, -0.2) is 8.42 Å². The molecule has 1 N–H and O–H groups in total. The molecule has 2 aromatic rings. The second kappa shape index (κ2) is 9.65. The number of rotatable bonds is 9. The number of nitrogens with one attached hydrogen (secondary N) is 1. The van der Waals surface area contributed by atoms with Gasteiger partial charge in [0.15, 0.2) is 6.10 Å². The fraction of sp³-hybridized carbons (Fsp3) is 0.381. The number of anilines is 1. The van der Waals surface area contributed by atoms with Crippen molar-refractivity contribution in [3.8, 4) is 11.5 Å². The summed E-state index contributed by atoms with van der Waals surface area (Å²) < 4.78 is 35.6. The van der Waals surface area contributed by atoms with Gasteiger partial charge >= 0.3 is 0 Å². The normalized spacial score (nSPS) is 12.2. The first-order chi connectivity index (χ1) is 13.6. The van der Waals surface area contributed by atoms with Crippen molar-refractivity contribution >= 4 is 21.6 Å². The molecule has 7 nitrogen and oxygen atoms in total. The van der Waals surface area contributed by atoms with Crippen molar-refractivity contribution in [2.75, 3.05) is 30.8 Å². The summed E-state index contributed by atoms with van der Waals surface area (Å²) in [5, 5.41) is 2.78. The van der Waals surface area contributed by atoms with Crippen LogP contribution in [-0.2, 0) is 14.8 Å². The number of amides is 1. The standard InChI is InChI=1S/C21H28N2O5S/c1-15-6-7-16(2)20(14-15)27-13-12-22-21(24)17(3)28-19-10-8-18(9-11-19)23(4)29(5,25)26/h6-11,14,17H,12-13H2,1-5H3,(H,22,24). The summed E-state index contributed by atoms with van der Waals surface area (Å²) in [7, 11) is -1.85. The van der Waals surface area contributed by atoms with Gasteiger partial charge in [0.1, 0.15) is 18.1 Å². The molecule has 0 aliphatic rings. The first-order valence-corrected chi connectivity index (χ1v) is 11.1. The Morgan fingerprint density at radius 3 is 2.41 bits per heavy atom. The van der Waals surface area contributed by atoms with Gasteiger partial charge in [0.2, 0.25) is 10.0 Å². The predicted molar refractivity (Wildman–Crippen MR) is 114 cm³/mol. The zero-order valence-corrected chi connectivity index (χ0v) is 18.2. The molecule has 0 aliphatic heterocycles. The molecule has 1 atom stereocenters. The van der Waals surface area contributed by atoms with Crippen LogP contribution in [0.25, 0.3) is 0 Å². The molecule has 0 radical (unpaired) electrons. The molecule has 158 valence electrons. The molecule has 29 heavy (non-hydrogen) atoms. The van der Waals surface area contributed by atoms with E-state index in [9.17, 15) is 13.2 Å². The number of carbonyl (C=O) groups is 1. The molecule has 0 aromatic heterocycles. The van der Waals surface area contributed by atoms with E-state index >= 15 is 0 Å². The Bertz CT molecular complexity index is 942. The van der Waals surface area contributed by atoms with E-state index in [1.165, 1.54) is 11.4 Å². The van der Waals surface area contributed by atoms with Crippen LogP contribution in [0.3, 0.4) is 0 Å². The number of hydrogen-bond acceptors (Lipinski definition) is 5. The van der Waals surface area contributed by atoms with E-state index in [1.807, 2.05) is 32.0 Å². The summed E-state index contributed by atoms with van der Waals surface area (Å²) in [5.74, 6) is 1.03. The van der Waals surface area contributed by atoms with Crippen LogP contribution in [0.2, 0.25) is 0 Å². The Kier molecular flexibility index (Phi) is 7.50. The van der Waals surface area contributed by atoms with E-state index < -0.39 is 16.1 Å². The summed E-state index contributed by atoms with van der Waals surface area (Å²) in [4.78, 5) is 12.2. The molecule has 0 heterocycles. The first kappa shape index (κ1) is 22.5. The van der Waals surface area contributed by atoms with Crippen molar-refractivity contribution in [1.29, 1.82) is 0 Å². The minimum absolute atomic E-state index is 0.258. The SMILES string of the molecule is Cc1ccc(C)c(OCCNC(=O)C(C)Oc2ccc(N(C)S(C)(=O)=O)cc2)c1. The highest BCUT2D eigenvalue weighted by atomic mass is 32.2. The van der Waals surface area contributed by atoms with Gasteiger partial charge in [-0.2, -0.15) is 0 Å². The van der Waals surface area contributed by atoms with Gasteiger partial charge in [0, 0.05) is 7.05 Å². The maximum atomic E-state index is 12.2. The molecule has 8 heteroatoms. The van der Waals surface area contributed by atoms with Gasteiger partial charge in [-0.3, -0.25) is 9.10 Å². The van der Waals surface area contributed by atoms with E-state index in [0.29, 0.717) is 24.6 Å². The Morgan fingerprint density at radius 2 is 1.79 bits per heavy atom. The van der Waals surface area contributed by atoms with E-state index in [1.54, 1.807) is 31.2 Å². The largest absolute Gasteiger partial charge is 0.491 e. The molecule has 2 aromatic carbocycles. The minimum Gasteiger partial charge on any atom is -0.491 e. The van der Waals surface area contributed by atoms with Crippen LogP contribution in [-0.4, -0.2) is 46.9 Å².